The number of hydrogen-bond acceptors (Lipinski definition) is 5. The van der Waals surface area contributed by atoms with Gasteiger partial charge in [0.25, 0.3) is 5.91 Å². The van der Waals surface area contributed by atoms with Crippen LogP contribution in [0.25, 0.3) is 0 Å². The molecule has 0 bridgehead atoms. The number of para-hydroxylation sites is 1. The lowest BCUT2D eigenvalue weighted by Gasteiger charge is -2.11. The second-order valence-electron chi connectivity index (χ2n) is 6.12. The van der Waals surface area contributed by atoms with Crippen molar-refractivity contribution in [1.29, 1.82) is 0 Å². The van der Waals surface area contributed by atoms with Gasteiger partial charge in [0.15, 0.2) is 0 Å². The van der Waals surface area contributed by atoms with E-state index in [0.29, 0.717) is 17.2 Å². The van der Waals surface area contributed by atoms with Gasteiger partial charge in [0.2, 0.25) is 5.91 Å². The van der Waals surface area contributed by atoms with Gasteiger partial charge in [0.05, 0.1) is 0 Å². The monoisotopic (exact) mass is 397 g/mol. The zero-order valence-electron chi connectivity index (χ0n) is 15.6. The molecule has 0 unspecified atom stereocenters. The molecule has 1 aromatic heterocycles. The summed E-state index contributed by atoms with van der Waals surface area (Å²) in [5.74, 6) is -2.19. The van der Waals surface area contributed by atoms with E-state index < -0.39 is 23.2 Å². The third kappa shape index (κ3) is 5.10. The van der Waals surface area contributed by atoms with Crippen molar-refractivity contribution in [3.63, 3.8) is 0 Å². The van der Waals surface area contributed by atoms with Crippen LogP contribution >= 0.6 is 0 Å². The van der Waals surface area contributed by atoms with Crippen LogP contribution < -0.4 is 16.0 Å². The lowest BCUT2D eigenvalue weighted by Crippen LogP contribution is -2.17. The Kier molecular flexibility index (Phi) is 5.77. The number of amides is 2. The minimum absolute atomic E-state index is 0.0688. The third-order valence-electron chi connectivity index (χ3n) is 3.73. The first-order valence-corrected chi connectivity index (χ1v) is 8.57. The van der Waals surface area contributed by atoms with Gasteiger partial charge in [-0.15, -0.1) is 0 Å². The highest BCUT2D eigenvalue weighted by Crippen LogP contribution is 2.21. The number of nitrogens with one attached hydrogen (secondary N) is 3. The van der Waals surface area contributed by atoms with Gasteiger partial charge in [-0.2, -0.15) is 0 Å². The van der Waals surface area contributed by atoms with Gasteiger partial charge < -0.3 is 16.0 Å². The highest BCUT2D eigenvalue weighted by molar-refractivity contribution is 6.03. The number of benzene rings is 2. The predicted molar refractivity (Wildman–Crippen MR) is 105 cm³/mol. The average Bonchev–Trinajstić information content (AvgIpc) is 2.64. The average molecular weight is 397 g/mol. The summed E-state index contributed by atoms with van der Waals surface area (Å²) in [4.78, 5) is 31.9. The molecule has 29 heavy (non-hydrogen) atoms. The van der Waals surface area contributed by atoms with E-state index in [4.69, 9.17) is 0 Å². The fourth-order valence-corrected chi connectivity index (χ4v) is 2.57. The molecule has 0 fully saturated rings. The summed E-state index contributed by atoms with van der Waals surface area (Å²) in [6, 6.07) is 11.5. The van der Waals surface area contributed by atoms with E-state index in [2.05, 4.69) is 25.9 Å². The molecule has 3 aromatic rings. The van der Waals surface area contributed by atoms with Crippen molar-refractivity contribution < 1.29 is 18.4 Å². The molecular formula is C20H17F2N5O2. The van der Waals surface area contributed by atoms with E-state index in [1.54, 1.807) is 31.2 Å². The number of anilines is 4. The van der Waals surface area contributed by atoms with Gasteiger partial charge in [-0.1, -0.05) is 12.1 Å². The Labute approximate surface area is 165 Å². The van der Waals surface area contributed by atoms with Gasteiger partial charge in [-0.25, -0.2) is 18.7 Å². The largest absolute Gasteiger partial charge is 0.340 e. The third-order valence-corrected chi connectivity index (χ3v) is 3.73. The highest BCUT2D eigenvalue weighted by Gasteiger charge is 2.16. The molecule has 1 heterocycles. The number of aryl methyl sites for hydroxylation is 1. The van der Waals surface area contributed by atoms with Crippen molar-refractivity contribution in [2.24, 2.45) is 0 Å². The summed E-state index contributed by atoms with van der Waals surface area (Å²) in [6.45, 7) is 2.98. The van der Waals surface area contributed by atoms with Crippen LogP contribution in [-0.4, -0.2) is 21.8 Å². The van der Waals surface area contributed by atoms with Crippen molar-refractivity contribution >= 4 is 34.7 Å². The number of rotatable bonds is 5. The molecule has 0 saturated carbocycles. The molecule has 3 rings (SSSR count). The number of aromatic nitrogens is 2. The molecule has 0 aliphatic rings. The van der Waals surface area contributed by atoms with E-state index in [1.165, 1.54) is 19.1 Å². The lowest BCUT2D eigenvalue weighted by molar-refractivity contribution is -0.114. The van der Waals surface area contributed by atoms with Crippen LogP contribution in [0.2, 0.25) is 0 Å². The number of carbonyl (C=O) groups is 2. The van der Waals surface area contributed by atoms with E-state index in [9.17, 15) is 18.4 Å². The molecule has 7 nitrogen and oxygen atoms in total. The van der Waals surface area contributed by atoms with Crippen LogP contribution in [0.4, 0.5) is 31.7 Å². The van der Waals surface area contributed by atoms with Crippen LogP contribution in [-0.2, 0) is 4.79 Å². The summed E-state index contributed by atoms with van der Waals surface area (Å²) >= 11 is 0. The van der Waals surface area contributed by atoms with Crippen molar-refractivity contribution in [3.8, 4) is 0 Å². The molecular weight excluding hydrogens is 380 g/mol. The second kappa shape index (κ2) is 8.42. The normalized spacial score (nSPS) is 10.3. The molecule has 0 aliphatic carbocycles. The molecule has 0 atom stereocenters. The Morgan fingerprint density at radius 3 is 2.24 bits per heavy atom. The molecule has 3 N–H and O–H groups in total. The first kappa shape index (κ1) is 19.9. The first-order valence-electron chi connectivity index (χ1n) is 8.57. The van der Waals surface area contributed by atoms with Crippen LogP contribution in [0, 0.1) is 18.6 Å². The maximum Gasteiger partial charge on any atom is 0.274 e. The van der Waals surface area contributed by atoms with Gasteiger partial charge >= 0.3 is 0 Å². The van der Waals surface area contributed by atoms with Crippen LogP contribution in [0.15, 0.2) is 48.5 Å². The fraction of sp³-hybridized carbons (Fsp3) is 0.100. The number of nitrogens with zero attached hydrogens (tertiary/aromatic N) is 2. The summed E-state index contributed by atoms with van der Waals surface area (Å²) in [5, 5.41) is 7.86. The maximum absolute atomic E-state index is 13.8. The zero-order chi connectivity index (χ0) is 21.0. The topological polar surface area (TPSA) is 96.0 Å². The molecule has 9 heteroatoms. The summed E-state index contributed by atoms with van der Waals surface area (Å²) in [5.41, 5.74) is 0.578. The van der Waals surface area contributed by atoms with Crippen LogP contribution in [0.3, 0.4) is 0 Å². The molecule has 0 aliphatic heterocycles. The maximum atomic E-state index is 13.8. The lowest BCUT2D eigenvalue weighted by atomic mass is 10.2. The SMILES string of the molecule is CC(=O)Nc1cccc(Nc2cc(C(=O)Nc3c(F)cccc3F)nc(C)n2)c1. The number of hydrogen-bond donors (Lipinski definition) is 3. The van der Waals surface area contributed by atoms with E-state index >= 15 is 0 Å². The minimum atomic E-state index is -0.891. The Bertz CT molecular complexity index is 1070. The highest BCUT2D eigenvalue weighted by atomic mass is 19.1. The van der Waals surface area contributed by atoms with E-state index in [-0.39, 0.29) is 17.4 Å². The molecule has 2 amide bonds. The Hall–Kier alpha value is -3.88. The van der Waals surface area contributed by atoms with Crippen molar-refractivity contribution in [1.82, 2.24) is 9.97 Å². The molecule has 148 valence electrons. The van der Waals surface area contributed by atoms with Crippen LogP contribution in [0.5, 0.6) is 0 Å². The summed E-state index contributed by atoms with van der Waals surface area (Å²) in [6.07, 6.45) is 0. The standard InChI is InChI=1S/C20H17F2N5O2/c1-11-23-17(20(29)27-19-15(21)7-4-8-16(19)22)10-18(24-11)26-14-6-3-5-13(9-14)25-12(2)28/h3-10H,1-2H3,(H,25,28)(H,27,29)(H,23,24,26). The van der Waals surface area contributed by atoms with E-state index in [0.717, 1.165) is 12.1 Å². The summed E-state index contributed by atoms with van der Waals surface area (Å²) < 4.78 is 27.5. The molecule has 0 radical (unpaired) electrons. The van der Waals surface area contributed by atoms with Crippen molar-refractivity contribution in [2.75, 3.05) is 16.0 Å². The van der Waals surface area contributed by atoms with Crippen LogP contribution in [0.1, 0.15) is 23.2 Å². The molecule has 2 aromatic carbocycles. The molecule has 0 spiro atoms. The predicted octanol–water partition coefficient (Wildman–Crippen LogP) is 4.02. The smallest absolute Gasteiger partial charge is 0.274 e. The first-order chi connectivity index (χ1) is 13.8. The second-order valence-corrected chi connectivity index (χ2v) is 6.12. The van der Waals surface area contributed by atoms with E-state index in [1.807, 2.05) is 0 Å². The fourth-order valence-electron chi connectivity index (χ4n) is 2.57. The molecule has 0 saturated heterocycles. The van der Waals surface area contributed by atoms with Crippen molar-refractivity contribution in [2.45, 2.75) is 13.8 Å². The van der Waals surface area contributed by atoms with Gasteiger partial charge in [-0.05, 0) is 37.3 Å². The van der Waals surface area contributed by atoms with Crippen molar-refractivity contribution in [3.05, 3.63) is 71.7 Å². The Balaban J connectivity index is 1.83. The quantitative estimate of drug-likeness (QED) is 0.604. The van der Waals surface area contributed by atoms with Gasteiger partial charge in [0.1, 0.15) is 34.7 Å². The van der Waals surface area contributed by atoms with Gasteiger partial charge in [0, 0.05) is 24.4 Å². The summed E-state index contributed by atoms with van der Waals surface area (Å²) in [7, 11) is 0. The zero-order valence-corrected chi connectivity index (χ0v) is 15.6. The van der Waals surface area contributed by atoms with Gasteiger partial charge in [-0.3, -0.25) is 9.59 Å². The number of carbonyl (C=O) groups excluding carboxylic acids is 2. The Morgan fingerprint density at radius 1 is 0.897 bits per heavy atom. The Morgan fingerprint density at radius 2 is 1.55 bits per heavy atom. The number of halogens is 2. The minimum Gasteiger partial charge on any atom is -0.340 e.